The van der Waals surface area contributed by atoms with Gasteiger partial charge in [0.05, 0.1) is 11.7 Å². The fourth-order valence-corrected chi connectivity index (χ4v) is 1.91. The molecule has 1 aliphatic heterocycles. The molecule has 0 spiro atoms. The van der Waals surface area contributed by atoms with E-state index in [1.165, 1.54) is 0 Å². The average Bonchev–Trinajstić information content (AvgIpc) is 2.85. The lowest BCUT2D eigenvalue weighted by Crippen LogP contribution is -2.30. The largest absolute Gasteiger partial charge is 0.367 e. The van der Waals surface area contributed by atoms with Gasteiger partial charge in [-0.1, -0.05) is 0 Å². The van der Waals surface area contributed by atoms with Crippen LogP contribution >= 0.6 is 0 Å². The second kappa shape index (κ2) is 5.47. The summed E-state index contributed by atoms with van der Waals surface area (Å²) < 4.78 is 5.47. The van der Waals surface area contributed by atoms with Crippen molar-refractivity contribution in [3.05, 3.63) is 23.9 Å². The van der Waals surface area contributed by atoms with Crippen LogP contribution in [-0.2, 0) is 9.53 Å². The van der Waals surface area contributed by atoms with E-state index in [1.54, 1.807) is 18.3 Å². The van der Waals surface area contributed by atoms with E-state index in [0.29, 0.717) is 24.3 Å². The van der Waals surface area contributed by atoms with Gasteiger partial charge in [-0.3, -0.25) is 4.79 Å². The van der Waals surface area contributed by atoms with E-state index < -0.39 is 12.0 Å². The Balaban J connectivity index is 1.89. The molecule has 0 aliphatic carbocycles. The molecule has 1 aromatic rings. The number of hydrogen-bond donors (Lipinski definition) is 2. The molecule has 1 amide bonds. The van der Waals surface area contributed by atoms with E-state index >= 15 is 0 Å². The van der Waals surface area contributed by atoms with Crippen molar-refractivity contribution in [2.24, 2.45) is 5.73 Å². The fraction of sp³-hybridized carbons (Fsp3) is 0.417. The Labute approximate surface area is 105 Å². The third kappa shape index (κ3) is 2.76. The van der Waals surface area contributed by atoms with E-state index in [9.17, 15) is 4.79 Å². The summed E-state index contributed by atoms with van der Waals surface area (Å²) in [6, 6.07) is 5.46. The van der Waals surface area contributed by atoms with Crippen molar-refractivity contribution in [1.82, 2.24) is 4.98 Å². The van der Waals surface area contributed by atoms with Crippen LogP contribution in [-0.4, -0.2) is 29.6 Å². The van der Waals surface area contributed by atoms with E-state index in [-0.39, 0.29) is 6.10 Å². The minimum absolute atomic E-state index is 0.0731. The summed E-state index contributed by atoms with van der Waals surface area (Å²) in [6.45, 7) is 0.509. The molecule has 0 saturated carbocycles. The van der Waals surface area contributed by atoms with Gasteiger partial charge in [-0.2, -0.15) is 5.26 Å². The normalized spacial score (nSPS) is 22.4. The molecule has 2 heterocycles. The molecule has 2 unspecified atom stereocenters. The maximum absolute atomic E-state index is 10.9. The Morgan fingerprint density at radius 3 is 3.17 bits per heavy atom. The van der Waals surface area contributed by atoms with E-state index in [4.69, 9.17) is 15.7 Å². The minimum atomic E-state index is -0.490. The molecular formula is C12H14N4O2. The van der Waals surface area contributed by atoms with Crippen molar-refractivity contribution in [2.45, 2.75) is 25.0 Å². The predicted molar refractivity (Wildman–Crippen MR) is 64.5 cm³/mol. The number of primary amides is 1. The molecule has 2 atom stereocenters. The molecule has 6 nitrogen and oxygen atoms in total. The SMILES string of the molecule is N#Cc1cccnc1NCC1CCC(C(N)=O)O1. The highest BCUT2D eigenvalue weighted by Gasteiger charge is 2.28. The van der Waals surface area contributed by atoms with Crippen molar-refractivity contribution in [1.29, 1.82) is 5.26 Å². The van der Waals surface area contributed by atoms with Crippen LogP contribution in [0.2, 0.25) is 0 Å². The number of nitrogens with zero attached hydrogens (tertiary/aromatic N) is 2. The first kappa shape index (κ1) is 12.3. The lowest BCUT2D eigenvalue weighted by atomic mass is 10.2. The number of nitriles is 1. The number of carbonyl (C=O) groups is 1. The maximum Gasteiger partial charge on any atom is 0.246 e. The van der Waals surface area contributed by atoms with Crippen LogP contribution in [0.15, 0.2) is 18.3 Å². The summed E-state index contributed by atoms with van der Waals surface area (Å²) in [7, 11) is 0. The Morgan fingerprint density at radius 1 is 1.67 bits per heavy atom. The molecule has 6 heteroatoms. The van der Waals surface area contributed by atoms with Crippen LogP contribution in [0.25, 0.3) is 0 Å². The number of anilines is 1. The summed E-state index contributed by atoms with van der Waals surface area (Å²) >= 11 is 0. The zero-order valence-electron chi connectivity index (χ0n) is 9.80. The zero-order chi connectivity index (χ0) is 13.0. The monoisotopic (exact) mass is 246 g/mol. The number of pyridine rings is 1. The highest BCUT2D eigenvalue weighted by Crippen LogP contribution is 2.20. The van der Waals surface area contributed by atoms with Gasteiger partial charge in [0.2, 0.25) is 5.91 Å². The highest BCUT2D eigenvalue weighted by molar-refractivity contribution is 5.79. The molecule has 0 bridgehead atoms. The van der Waals surface area contributed by atoms with Crippen LogP contribution in [0, 0.1) is 11.3 Å². The maximum atomic E-state index is 10.9. The number of nitrogens with one attached hydrogen (secondary N) is 1. The number of rotatable bonds is 4. The standard InChI is InChI=1S/C12H14N4O2/c13-6-8-2-1-5-15-12(8)16-7-9-3-4-10(18-9)11(14)17/h1-2,5,9-10H,3-4,7H2,(H2,14,17)(H,15,16). The van der Waals surface area contributed by atoms with Gasteiger partial charge in [0, 0.05) is 12.7 Å². The van der Waals surface area contributed by atoms with E-state index in [2.05, 4.69) is 16.4 Å². The molecule has 1 aliphatic rings. The first-order chi connectivity index (χ1) is 8.70. The van der Waals surface area contributed by atoms with Crippen LogP contribution in [0.1, 0.15) is 18.4 Å². The smallest absolute Gasteiger partial charge is 0.246 e. The first-order valence-electron chi connectivity index (χ1n) is 5.74. The Kier molecular flexibility index (Phi) is 3.75. The van der Waals surface area contributed by atoms with Crippen LogP contribution in [0.4, 0.5) is 5.82 Å². The first-order valence-corrected chi connectivity index (χ1v) is 5.74. The molecule has 1 saturated heterocycles. The third-order valence-electron chi connectivity index (χ3n) is 2.85. The summed E-state index contributed by atoms with van der Waals surface area (Å²) in [4.78, 5) is 15.0. The quantitative estimate of drug-likeness (QED) is 0.800. The van der Waals surface area contributed by atoms with Crippen LogP contribution in [0.5, 0.6) is 0 Å². The predicted octanol–water partition coefficient (Wildman–Crippen LogP) is 0.398. The summed E-state index contributed by atoms with van der Waals surface area (Å²) in [5.41, 5.74) is 5.66. The molecule has 94 valence electrons. The average molecular weight is 246 g/mol. The zero-order valence-corrected chi connectivity index (χ0v) is 9.80. The number of ether oxygens (including phenoxy) is 1. The number of aromatic nitrogens is 1. The van der Waals surface area contributed by atoms with Gasteiger partial charge in [-0.25, -0.2) is 4.98 Å². The van der Waals surface area contributed by atoms with Gasteiger partial charge in [0.1, 0.15) is 18.0 Å². The number of carbonyl (C=O) groups excluding carboxylic acids is 1. The molecule has 1 fully saturated rings. The van der Waals surface area contributed by atoms with Crippen molar-refractivity contribution < 1.29 is 9.53 Å². The van der Waals surface area contributed by atoms with Gasteiger partial charge >= 0.3 is 0 Å². The molecular weight excluding hydrogens is 232 g/mol. The number of nitrogens with two attached hydrogens (primary N) is 1. The van der Waals surface area contributed by atoms with Crippen molar-refractivity contribution in [3.63, 3.8) is 0 Å². The van der Waals surface area contributed by atoms with Gasteiger partial charge in [0.25, 0.3) is 0 Å². The lowest BCUT2D eigenvalue weighted by molar-refractivity contribution is -0.128. The summed E-state index contributed by atoms with van der Waals surface area (Å²) in [6.07, 6.45) is 2.47. The molecule has 2 rings (SSSR count). The molecule has 0 aromatic carbocycles. The number of amides is 1. The third-order valence-corrected chi connectivity index (χ3v) is 2.85. The Morgan fingerprint density at radius 2 is 2.50 bits per heavy atom. The number of hydrogen-bond acceptors (Lipinski definition) is 5. The summed E-state index contributed by atoms with van der Waals surface area (Å²) in [5, 5.41) is 12.0. The van der Waals surface area contributed by atoms with E-state index in [0.717, 1.165) is 6.42 Å². The van der Waals surface area contributed by atoms with Gasteiger partial charge in [-0.15, -0.1) is 0 Å². The Bertz CT molecular complexity index is 483. The van der Waals surface area contributed by atoms with Gasteiger partial charge in [-0.05, 0) is 25.0 Å². The fourth-order valence-electron chi connectivity index (χ4n) is 1.91. The second-order valence-electron chi connectivity index (χ2n) is 4.12. The summed E-state index contributed by atoms with van der Waals surface area (Å²) in [5.74, 6) is 0.110. The van der Waals surface area contributed by atoms with Crippen molar-refractivity contribution in [2.75, 3.05) is 11.9 Å². The lowest BCUT2D eigenvalue weighted by Gasteiger charge is -2.13. The van der Waals surface area contributed by atoms with Crippen molar-refractivity contribution in [3.8, 4) is 6.07 Å². The molecule has 18 heavy (non-hydrogen) atoms. The van der Waals surface area contributed by atoms with Gasteiger partial charge in [0.15, 0.2) is 0 Å². The second-order valence-corrected chi connectivity index (χ2v) is 4.12. The molecule has 0 radical (unpaired) electrons. The van der Waals surface area contributed by atoms with Crippen molar-refractivity contribution >= 4 is 11.7 Å². The van der Waals surface area contributed by atoms with E-state index in [1.807, 2.05) is 0 Å². The van der Waals surface area contributed by atoms with Gasteiger partial charge < -0.3 is 15.8 Å². The van der Waals surface area contributed by atoms with Crippen LogP contribution < -0.4 is 11.1 Å². The highest BCUT2D eigenvalue weighted by atomic mass is 16.5. The minimum Gasteiger partial charge on any atom is -0.367 e. The Hall–Kier alpha value is -2.13. The van der Waals surface area contributed by atoms with Crippen LogP contribution in [0.3, 0.4) is 0 Å². The molecule has 1 aromatic heterocycles. The molecule has 3 N–H and O–H groups in total. The topological polar surface area (TPSA) is 101 Å².